The molecule has 2 unspecified atom stereocenters. The Morgan fingerprint density at radius 2 is 2.03 bits per heavy atom. The Bertz CT molecular complexity index is 817. The number of benzene rings is 1. The fourth-order valence-electron chi connectivity index (χ4n) is 5.42. The molecule has 8 nitrogen and oxygen atoms in total. The summed E-state index contributed by atoms with van der Waals surface area (Å²) in [5, 5.41) is 14.1. The standard InChI is InChI=1S/C21H29ClFN5O3/c22-15-2-1-14(7-16(15)23)31-10-19(29)27-21-11-20(12-21,13-21)26-17-8-24-9-18(25-17)28-3-5-30-6-4-28/h1-2,7,17-18,24-26H,3-6,8-13H2,(H,27,29). The maximum absolute atomic E-state index is 13.5. The number of nitrogens with zero attached hydrogens (tertiary/aromatic N) is 1. The molecule has 0 aromatic heterocycles. The van der Waals surface area contributed by atoms with Gasteiger partial charge in [0.25, 0.3) is 5.91 Å². The van der Waals surface area contributed by atoms with E-state index in [1.54, 1.807) is 6.07 Å². The molecule has 1 aromatic carbocycles. The van der Waals surface area contributed by atoms with Crippen LogP contribution in [0, 0.1) is 5.82 Å². The van der Waals surface area contributed by atoms with Gasteiger partial charge in [0.1, 0.15) is 11.6 Å². The molecule has 1 amide bonds. The molecule has 3 saturated carbocycles. The van der Waals surface area contributed by atoms with E-state index < -0.39 is 5.82 Å². The summed E-state index contributed by atoms with van der Waals surface area (Å²) in [5.74, 6) is -0.458. The molecule has 5 fully saturated rings. The number of rotatable bonds is 7. The van der Waals surface area contributed by atoms with Crippen LogP contribution in [0.1, 0.15) is 19.3 Å². The van der Waals surface area contributed by atoms with Crippen molar-refractivity contribution in [3.05, 3.63) is 29.0 Å². The summed E-state index contributed by atoms with van der Waals surface area (Å²) >= 11 is 5.66. The Labute approximate surface area is 186 Å². The van der Waals surface area contributed by atoms with Crippen molar-refractivity contribution in [2.75, 3.05) is 46.0 Å². The summed E-state index contributed by atoms with van der Waals surface area (Å²) in [4.78, 5) is 14.7. The molecule has 2 bridgehead atoms. The lowest BCUT2D eigenvalue weighted by Gasteiger charge is -2.71. The van der Waals surface area contributed by atoms with Gasteiger partial charge in [0.2, 0.25) is 0 Å². The van der Waals surface area contributed by atoms with Crippen LogP contribution >= 0.6 is 11.6 Å². The van der Waals surface area contributed by atoms with Crippen LogP contribution in [0.3, 0.4) is 0 Å². The third-order valence-corrected chi connectivity index (χ3v) is 7.05. The van der Waals surface area contributed by atoms with Crippen LogP contribution in [0.15, 0.2) is 18.2 Å². The maximum Gasteiger partial charge on any atom is 0.258 e. The van der Waals surface area contributed by atoms with Crippen molar-refractivity contribution in [1.29, 1.82) is 0 Å². The average Bonchev–Trinajstić information content (AvgIpc) is 2.73. The van der Waals surface area contributed by atoms with E-state index >= 15 is 0 Å². The molecule has 170 valence electrons. The molecule has 4 N–H and O–H groups in total. The predicted molar refractivity (Wildman–Crippen MR) is 113 cm³/mol. The zero-order valence-electron chi connectivity index (χ0n) is 17.4. The summed E-state index contributed by atoms with van der Waals surface area (Å²) in [6.45, 7) is 5.17. The Morgan fingerprint density at radius 1 is 1.26 bits per heavy atom. The molecule has 5 aliphatic rings. The normalized spacial score (nSPS) is 35.0. The summed E-state index contributed by atoms with van der Waals surface area (Å²) in [6, 6.07) is 4.15. The second-order valence-electron chi connectivity index (χ2n) is 9.19. The minimum atomic E-state index is -0.561. The highest BCUT2D eigenvalue weighted by molar-refractivity contribution is 6.30. The van der Waals surface area contributed by atoms with E-state index in [0.717, 1.165) is 58.7 Å². The Hall–Kier alpha value is -1.49. The summed E-state index contributed by atoms with van der Waals surface area (Å²) < 4.78 is 24.3. The number of piperazine rings is 1. The van der Waals surface area contributed by atoms with E-state index in [0.29, 0.717) is 11.9 Å². The van der Waals surface area contributed by atoms with Gasteiger partial charge in [-0.2, -0.15) is 0 Å². The van der Waals surface area contributed by atoms with Gasteiger partial charge in [0.15, 0.2) is 6.61 Å². The lowest BCUT2D eigenvalue weighted by atomic mass is 9.44. The van der Waals surface area contributed by atoms with Gasteiger partial charge in [-0.15, -0.1) is 0 Å². The van der Waals surface area contributed by atoms with E-state index in [2.05, 4.69) is 26.2 Å². The predicted octanol–water partition coefficient (Wildman–Crippen LogP) is 0.416. The third-order valence-electron chi connectivity index (χ3n) is 6.74. The van der Waals surface area contributed by atoms with Crippen molar-refractivity contribution < 1.29 is 18.7 Å². The van der Waals surface area contributed by atoms with Crippen molar-refractivity contribution in [2.24, 2.45) is 0 Å². The van der Waals surface area contributed by atoms with E-state index in [-0.39, 0.29) is 34.8 Å². The number of halogens is 2. The quantitative estimate of drug-likeness (QED) is 0.476. The SMILES string of the molecule is O=C(COc1ccc(Cl)c(F)c1)NC12CC(NC3CNCC(N4CCOCC4)N3)(C1)C2. The number of nitrogens with one attached hydrogen (secondary N) is 4. The van der Waals surface area contributed by atoms with Gasteiger partial charge in [-0.05, 0) is 31.4 Å². The number of carbonyl (C=O) groups excluding carboxylic acids is 1. The largest absolute Gasteiger partial charge is 0.484 e. The zero-order chi connectivity index (χ0) is 21.5. The monoisotopic (exact) mass is 453 g/mol. The number of carbonyl (C=O) groups is 1. The fraction of sp³-hybridized carbons (Fsp3) is 0.667. The molecule has 31 heavy (non-hydrogen) atoms. The van der Waals surface area contributed by atoms with Crippen molar-refractivity contribution in [2.45, 2.75) is 42.7 Å². The molecule has 2 aliphatic heterocycles. The fourth-order valence-corrected chi connectivity index (χ4v) is 5.54. The smallest absolute Gasteiger partial charge is 0.258 e. The first-order chi connectivity index (χ1) is 14.9. The van der Waals surface area contributed by atoms with E-state index in [9.17, 15) is 9.18 Å². The highest BCUT2D eigenvalue weighted by atomic mass is 35.5. The lowest BCUT2D eigenvalue weighted by Crippen LogP contribution is -2.86. The first kappa shape index (κ1) is 21.4. The number of hydrogen-bond acceptors (Lipinski definition) is 7. The van der Waals surface area contributed by atoms with Gasteiger partial charge in [-0.3, -0.25) is 20.3 Å². The molecule has 2 heterocycles. The summed E-state index contributed by atoms with van der Waals surface area (Å²) in [7, 11) is 0. The Morgan fingerprint density at radius 3 is 2.77 bits per heavy atom. The minimum absolute atomic E-state index is 0.0300. The van der Waals surface area contributed by atoms with E-state index in [1.807, 2.05) is 0 Å². The number of morpholine rings is 1. The molecule has 10 heteroatoms. The number of hydrogen-bond donors (Lipinski definition) is 4. The molecule has 2 saturated heterocycles. The van der Waals surface area contributed by atoms with E-state index in [1.165, 1.54) is 12.1 Å². The molecular formula is C21H29ClFN5O3. The van der Waals surface area contributed by atoms with Crippen LogP contribution in [0.4, 0.5) is 4.39 Å². The van der Waals surface area contributed by atoms with Gasteiger partial charge in [-0.25, -0.2) is 4.39 Å². The van der Waals surface area contributed by atoms with Crippen LogP contribution in [-0.4, -0.2) is 80.2 Å². The minimum Gasteiger partial charge on any atom is -0.484 e. The second-order valence-corrected chi connectivity index (χ2v) is 9.60. The molecule has 6 rings (SSSR count). The van der Waals surface area contributed by atoms with E-state index in [4.69, 9.17) is 21.1 Å². The topological polar surface area (TPSA) is 86.9 Å². The van der Waals surface area contributed by atoms with Gasteiger partial charge >= 0.3 is 0 Å². The van der Waals surface area contributed by atoms with Gasteiger partial charge in [0, 0.05) is 43.3 Å². The van der Waals surface area contributed by atoms with Crippen LogP contribution in [0.2, 0.25) is 5.02 Å². The van der Waals surface area contributed by atoms with Crippen molar-refractivity contribution in [3.63, 3.8) is 0 Å². The lowest BCUT2D eigenvalue weighted by molar-refractivity contribution is -0.146. The van der Waals surface area contributed by atoms with Gasteiger partial charge in [0.05, 0.1) is 30.6 Å². The van der Waals surface area contributed by atoms with Crippen LogP contribution in [0.25, 0.3) is 0 Å². The van der Waals surface area contributed by atoms with Crippen LogP contribution in [-0.2, 0) is 9.53 Å². The molecule has 3 aliphatic carbocycles. The van der Waals surface area contributed by atoms with Crippen molar-refractivity contribution in [1.82, 2.24) is 26.2 Å². The average molecular weight is 454 g/mol. The van der Waals surface area contributed by atoms with Crippen LogP contribution in [0.5, 0.6) is 5.75 Å². The molecular weight excluding hydrogens is 425 g/mol. The highest BCUT2D eigenvalue weighted by Crippen LogP contribution is 2.60. The number of ether oxygens (including phenoxy) is 2. The van der Waals surface area contributed by atoms with Crippen molar-refractivity contribution in [3.8, 4) is 5.75 Å². The Balaban J connectivity index is 1.05. The first-order valence-corrected chi connectivity index (χ1v) is 11.3. The zero-order valence-corrected chi connectivity index (χ0v) is 18.1. The van der Waals surface area contributed by atoms with Gasteiger partial charge < -0.3 is 20.1 Å². The molecule has 0 radical (unpaired) electrons. The van der Waals surface area contributed by atoms with Crippen LogP contribution < -0.4 is 26.0 Å². The molecule has 0 spiro atoms. The summed E-state index contributed by atoms with van der Waals surface area (Å²) in [6.07, 6.45) is 3.27. The van der Waals surface area contributed by atoms with Crippen molar-refractivity contribution >= 4 is 17.5 Å². The van der Waals surface area contributed by atoms with Gasteiger partial charge in [-0.1, -0.05) is 11.6 Å². The highest BCUT2D eigenvalue weighted by Gasteiger charge is 2.68. The number of amides is 1. The third kappa shape index (κ3) is 4.53. The second kappa shape index (κ2) is 8.46. The maximum atomic E-state index is 13.5. The first-order valence-electron chi connectivity index (χ1n) is 10.9. The Kier molecular flexibility index (Phi) is 5.83. The summed E-state index contributed by atoms with van der Waals surface area (Å²) in [5.41, 5.74) is -0.0376. The molecule has 1 aromatic rings. The molecule has 2 atom stereocenters.